The Labute approximate surface area is 130 Å². The first-order chi connectivity index (χ1) is 9.90. The highest BCUT2D eigenvalue weighted by Gasteiger charge is 2.27. The first-order valence-corrected chi connectivity index (χ1v) is 7.38. The van der Waals surface area contributed by atoms with Crippen LogP contribution in [0.1, 0.15) is 12.8 Å². The van der Waals surface area contributed by atoms with Crippen molar-refractivity contribution in [2.75, 3.05) is 17.6 Å². The SMILES string of the molecule is N#CCCCSc1cccc(NC(=S)NCC(F)(F)F)n1. The van der Waals surface area contributed by atoms with Gasteiger partial charge in [0.1, 0.15) is 12.4 Å². The Bertz CT molecular complexity index is 514. The van der Waals surface area contributed by atoms with Crippen LogP contribution in [0.25, 0.3) is 0 Å². The summed E-state index contributed by atoms with van der Waals surface area (Å²) in [6, 6.07) is 7.18. The van der Waals surface area contributed by atoms with Gasteiger partial charge in [0.2, 0.25) is 0 Å². The molecule has 1 aromatic rings. The van der Waals surface area contributed by atoms with Crippen molar-refractivity contribution in [1.82, 2.24) is 10.3 Å². The molecule has 9 heteroatoms. The molecule has 0 fully saturated rings. The number of thiocarbonyl (C=S) groups is 1. The van der Waals surface area contributed by atoms with Gasteiger partial charge in [-0.3, -0.25) is 0 Å². The predicted octanol–water partition coefficient (Wildman–Crippen LogP) is 3.33. The predicted molar refractivity (Wildman–Crippen MR) is 80.1 cm³/mol. The van der Waals surface area contributed by atoms with Gasteiger partial charge in [-0.1, -0.05) is 6.07 Å². The molecule has 0 amide bonds. The average Bonchev–Trinajstić information content (AvgIpc) is 2.41. The summed E-state index contributed by atoms with van der Waals surface area (Å²) in [5.41, 5.74) is 0. The average molecular weight is 334 g/mol. The van der Waals surface area contributed by atoms with Crippen LogP contribution in [0.3, 0.4) is 0 Å². The molecule has 0 unspecified atom stereocenters. The van der Waals surface area contributed by atoms with Crippen molar-refractivity contribution >= 4 is 34.9 Å². The zero-order valence-corrected chi connectivity index (χ0v) is 12.5. The molecule has 0 saturated heterocycles. The van der Waals surface area contributed by atoms with Gasteiger partial charge in [-0.05, 0) is 30.8 Å². The Morgan fingerprint density at radius 1 is 1.43 bits per heavy atom. The van der Waals surface area contributed by atoms with Crippen molar-refractivity contribution in [2.45, 2.75) is 24.0 Å². The van der Waals surface area contributed by atoms with Gasteiger partial charge in [-0.15, -0.1) is 11.8 Å². The van der Waals surface area contributed by atoms with Crippen LogP contribution in [0, 0.1) is 11.3 Å². The normalized spacial score (nSPS) is 10.8. The quantitative estimate of drug-likeness (QED) is 0.473. The topological polar surface area (TPSA) is 60.7 Å². The van der Waals surface area contributed by atoms with E-state index in [0.29, 0.717) is 12.2 Å². The van der Waals surface area contributed by atoms with Crippen LogP contribution in [-0.2, 0) is 0 Å². The molecule has 1 heterocycles. The van der Waals surface area contributed by atoms with Gasteiger partial charge < -0.3 is 10.6 Å². The summed E-state index contributed by atoms with van der Waals surface area (Å²) in [4.78, 5) is 4.21. The van der Waals surface area contributed by atoms with E-state index >= 15 is 0 Å². The monoisotopic (exact) mass is 334 g/mol. The van der Waals surface area contributed by atoms with Crippen LogP contribution in [0.15, 0.2) is 23.2 Å². The van der Waals surface area contributed by atoms with E-state index in [4.69, 9.17) is 17.5 Å². The van der Waals surface area contributed by atoms with Crippen LogP contribution >= 0.6 is 24.0 Å². The Balaban J connectivity index is 2.45. The molecule has 2 N–H and O–H groups in total. The minimum absolute atomic E-state index is 0.133. The number of anilines is 1. The summed E-state index contributed by atoms with van der Waals surface area (Å²) in [5, 5.41) is 13.7. The maximum absolute atomic E-state index is 12.0. The number of nitrogens with zero attached hydrogens (tertiary/aromatic N) is 2. The second-order valence-electron chi connectivity index (χ2n) is 3.89. The summed E-state index contributed by atoms with van der Waals surface area (Å²) in [6.45, 7) is -1.19. The van der Waals surface area contributed by atoms with Gasteiger partial charge in [0, 0.05) is 12.2 Å². The third kappa shape index (κ3) is 8.37. The van der Waals surface area contributed by atoms with Gasteiger partial charge in [0.25, 0.3) is 0 Å². The second kappa shape index (κ2) is 8.69. The minimum atomic E-state index is -4.32. The van der Waals surface area contributed by atoms with E-state index in [2.05, 4.69) is 21.7 Å². The number of pyridine rings is 1. The summed E-state index contributed by atoms with van der Waals surface area (Å²) in [6.07, 6.45) is -3.08. The van der Waals surface area contributed by atoms with Crippen LogP contribution < -0.4 is 10.6 Å². The lowest BCUT2D eigenvalue weighted by Crippen LogP contribution is -2.36. The summed E-state index contributed by atoms with van der Waals surface area (Å²) in [5.74, 6) is 1.13. The second-order valence-corrected chi connectivity index (χ2v) is 5.42. The maximum atomic E-state index is 12.0. The molecular weight excluding hydrogens is 321 g/mol. The first kappa shape index (κ1) is 17.5. The molecule has 0 spiro atoms. The van der Waals surface area contributed by atoms with Crippen molar-refractivity contribution < 1.29 is 13.2 Å². The largest absolute Gasteiger partial charge is 0.405 e. The molecule has 0 aliphatic carbocycles. The van der Waals surface area contributed by atoms with Crippen molar-refractivity contribution in [3.63, 3.8) is 0 Å². The zero-order valence-electron chi connectivity index (χ0n) is 10.9. The van der Waals surface area contributed by atoms with E-state index in [1.54, 1.807) is 18.2 Å². The lowest BCUT2D eigenvalue weighted by molar-refractivity contribution is -0.121. The Kier molecular flexibility index (Phi) is 7.25. The van der Waals surface area contributed by atoms with Crippen molar-refractivity contribution in [1.29, 1.82) is 5.26 Å². The molecule has 0 radical (unpaired) electrons. The maximum Gasteiger partial charge on any atom is 0.405 e. The summed E-state index contributed by atoms with van der Waals surface area (Å²) >= 11 is 6.24. The fourth-order valence-corrected chi connectivity index (χ4v) is 2.25. The number of alkyl halides is 3. The van der Waals surface area contributed by atoms with Crippen molar-refractivity contribution in [3.05, 3.63) is 18.2 Å². The number of aromatic nitrogens is 1. The third-order valence-corrected chi connectivity index (χ3v) is 3.36. The fraction of sp³-hybridized carbons (Fsp3) is 0.417. The van der Waals surface area contributed by atoms with Gasteiger partial charge in [-0.25, -0.2) is 4.98 Å². The number of nitriles is 1. The number of unbranched alkanes of at least 4 members (excludes halogenated alkanes) is 1. The Morgan fingerprint density at radius 2 is 2.19 bits per heavy atom. The lowest BCUT2D eigenvalue weighted by atomic mass is 10.4. The minimum Gasteiger partial charge on any atom is -0.353 e. The number of halogens is 3. The Morgan fingerprint density at radius 3 is 2.86 bits per heavy atom. The van der Waals surface area contributed by atoms with Gasteiger partial charge in [0.05, 0.1) is 11.1 Å². The van der Waals surface area contributed by atoms with Gasteiger partial charge in [0.15, 0.2) is 5.11 Å². The lowest BCUT2D eigenvalue weighted by Gasteiger charge is -2.12. The highest BCUT2D eigenvalue weighted by atomic mass is 32.2. The first-order valence-electron chi connectivity index (χ1n) is 5.99. The van der Waals surface area contributed by atoms with E-state index in [1.807, 2.05) is 0 Å². The molecule has 0 aromatic carbocycles. The molecule has 0 bridgehead atoms. The number of thioether (sulfide) groups is 1. The van der Waals surface area contributed by atoms with Gasteiger partial charge >= 0.3 is 6.18 Å². The standard InChI is InChI=1S/C12H13F3N4S2/c13-12(14,15)8-17-11(20)19-9-4-3-5-10(18-9)21-7-2-1-6-16/h3-5H,1-2,7-8H2,(H2,17,18,19,20). The molecular formula is C12H13F3N4S2. The van der Waals surface area contributed by atoms with E-state index in [1.165, 1.54) is 11.8 Å². The third-order valence-electron chi connectivity index (χ3n) is 2.10. The van der Waals surface area contributed by atoms with E-state index < -0.39 is 12.7 Å². The highest BCUT2D eigenvalue weighted by molar-refractivity contribution is 7.99. The van der Waals surface area contributed by atoms with Crippen LogP contribution in [0.2, 0.25) is 0 Å². The fourth-order valence-electron chi connectivity index (χ4n) is 1.23. The molecule has 21 heavy (non-hydrogen) atoms. The van der Waals surface area contributed by atoms with Crippen LogP contribution in [0.4, 0.5) is 19.0 Å². The van der Waals surface area contributed by atoms with Gasteiger partial charge in [-0.2, -0.15) is 18.4 Å². The van der Waals surface area contributed by atoms with Crippen LogP contribution in [-0.4, -0.2) is 28.6 Å². The number of hydrogen-bond donors (Lipinski definition) is 2. The molecule has 0 aliphatic heterocycles. The molecule has 1 rings (SSSR count). The molecule has 0 aliphatic rings. The van der Waals surface area contributed by atoms with Crippen LogP contribution in [0.5, 0.6) is 0 Å². The zero-order chi connectivity index (χ0) is 15.7. The number of rotatable bonds is 6. The molecule has 0 atom stereocenters. The summed E-state index contributed by atoms with van der Waals surface area (Å²) in [7, 11) is 0. The smallest absolute Gasteiger partial charge is 0.353 e. The number of nitrogens with one attached hydrogen (secondary N) is 2. The van der Waals surface area contributed by atoms with E-state index in [-0.39, 0.29) is 5.11 Å². The summed E-state index contributed by atoms with van der Waals surface area (Å²) < 4.78 is 36.1. The molecule has 1 aromatic heterocycles. The molecule has 114 valence electrons. The number of hydrogen-bond acceptors (Lipinski definition) is 4. The van der Waals surface area contributed by atoms with Crippen molar-refractivity contribution in [2.24, 2.45) is 0 Å². The molecule has 4 nitrogen and oxygen atoms in total. The van der Waals surface area contributed by atoms with E-state index in [0.717, 1.165) is 17.2 Å². The molecule has 0 saturated carbocycles. The van der Waals surface area contributed by atoms with Crippen molar-refractivity contribution in [3.8, 4) is 6.07 Å². The Hall–Kier alpha value is -1.53. The highest BCUT2D eigenvalue weighted by Crippen LogP contribution is 2.18. The van der Waals surface area contributed by atoms with E-state index in [9.17, 15) is 13.2 Å².